The molecule has 1 aliphatic rings. The van der Waals surface area contributed by atoms with E-state index in [-0.39, 0.29) is 19.4 Å². The molecule has 8 atom stereocenters. The topological polar surface area (TPSA) is 175 Å². The van der Waals surface area contributed by atoms with Crippen LogP contribution in [0.2, 0.25) is 0 Å². The Balaban J connectivity index is 2.55. The molecule has 11 nitrogen and oxygen atoms in total. The molecule has 0 saturated carbocycles. The van der Waals surface area contributed by atoms with Gasteiger partial charge in [-0.15, -0.1) is 0 Å². The van der Waals surface area contributed by atoms with Gasteiger partial charge < -0.3 is 45.1 Å². The Morgan fingerprint density at radius 2 is 0.809 bits per heavy atom. The number of carbonyl (C=O) groups excluding carboxylic acids is 2. The predicted octanol–water partition coefficient (Wildman–Crippen LogP) is 19.2. The number of esters is 1. The Bertz CT molecular complexity index is 1870. The van der Waals surface area contributed by atoms with Crippen molar-refractivity contribution >= 4 is 11.9 Å². The number of aliphatic hydroxyl groups excluding tert-OH is 5. The van der Waals surface area contributed by atoms with Crippen LogP contribution >= 0.6 is 0 Å². The predicted molar refractivity (Wildman–Crippen MR) is 375 cm³/mol. The summed E-state index contributed by atoms with van der Waals surface area (Å²) in [4.78, 5) is 26.7. The highest BCUT2D eigenvalue weighted by atomic mass is 16.7. The molecule has 0 aromatic carbocycles. The summed E-state index contributed by atoms with van der Waals surface area (Å²) in [7, 11) is 0. The Morgan fingerprint density at radius 1 is 0.449 bits per heavy atom. The summed E-state index contributed by atoms with van der Waals surface area (Å²) in [6.45, 7) is 5.66. The lowest BCUT2D eigenvalue weighted by Crippen LogP contribution is -2.61. The zero-order valence-corrected chi connectivity index (χ0v) is 57.0. The second-order valence-corrected chi connectivity index (χ2v) is 24.9. The van der Waals surface area contributed by atoms with Crippen LogP contribution in [0.3, 0.4) is 0 Å². The number of rotatable bonds is 62. The van der Waals surface area contributed by atoms with Crippen molar-refractivity contribution in [2.45, 2.75) is 359 Å². The van der Waals surface area contributed by atoms with Gasteiger partial charge in [0.2, 0.25) is 5.91 Å². The van der Waals surface area contributed by atoms with E-state index in [1.54, 1.807) is 6.08 Å². The van der Waals surface area contributed by atoms with E-state index in [0.29, 0.717) is 12.8 Å². The van der Waals surface area contributed by atoms with Gasteiger partial charge >= 0.3 is 5.97 Å². The summed E-state index contributed by atoms with van der Waals surface area (Å²) >= 11 is 0. The molecular formula is C78H135NO10. The van der Waals surface area contributed by atoms with Crippen LogP contribution in [-0.4, -0.2) is 99.6 Å². The average molecular weight is 1250 g/mol. The van der Waals surface area contributed by atoms with Gasteiger partial charge in [-0.3, -0.25) is 9.59 Å². The fourth-order valence-corrected chi connectivity index (χ4v) is 10.9. The zero-order valence-electron chi connectivity index (χ0n) is 57.0. The van der Waals surface area contributed by atoms with E-state index in [9.17, 15) is 35.1 Å². The first-order valence-electron chi connectivity index (χ1n) is 36.7. The molecule has 1 fully saturated rings. The first-order chi connectivity index (χ1) is 43.7. The SMILES string of the molecule is CC/C=C\C/C=C\C/C=C\C/C=C\C/C=C\C/C=C\CCCCCCCCCC(O)C(=O)NC(COC1OC(CO)C(O)C(O)C1OC(=O)CCCCCCCCCCCCCCC/C=C\C/C=C\CCCCC)C(O)/C=C/CCCCCCCCCCC. The highest BCUT2D eigenvalue weighted by Crippen LogP contribution is 2.26. The fraction of sp³-hybridized carbons (Fsp3) is 0.744. The number of aliphatic hydroxyl groups is 5. The van der Waals surface area contributed by atoms with Crippen molar-refractivity contribution in [3.8, 4) is 0 Å². The van der Waals surface area contributed by atoms with Crippen molar-refractivity contribution in [3.05, 3.63) is 109 Å². The molecule has 1 aliphatic heterocycles. The van der Waals surface area contributed by atoms with Crippen molar-refractivity contribution in [2.75, 3.05) is 13.2 Å². The standard InChI is InChI=1S/C78H135NO10/c1-4-7-10-13-16-19-22-24-26-28-30-32-34-35-36-38-39-41-43-45-47-50-53-56-59-62-65-71(82)77(86)79-69(70(81)64-61-58-55-52-49-21-18-15-12-9-6-3)68-87-78-76(75(85)74(84)72(67-80)88-78)89-73(83)66-63-60-57-54-51-48-46-44-42-40-37-33-31-29-27-25-23-20-17-14-11-8-5-2/h7,10,16-17,19-20,24-27,30,32,35-36,39,41,61,64,69-72,74-76,78,80-82,84-85H,4-6,8-9,11-15,18,21-23,28-29,31,33-34,37-38,40,42-60,62-63,65-68H2,1-3H3,(H,79,86)/b10-7-,19-16-,20-17-,26-24-,27-25-,32-30-,36-35-,41-39-,64-61+. The van der Waals surface area contributed by atoms with Crippen molar-refractivity contribution < 1.29 is 49.3 Å². The number of unbranched alkanes of at least 4 members (excludes halogenated alkanes) is 32. The van der Waals surface area contributed by atoms with Gasteiger partial charge in [0.1, 0.15) is 24.4 Å². The third-order valence-corrected chi connectivity index (χ3v) is 16.7. The van der Waals surface area contributed by atoms with E-state index in [2.05, 4.69) is 123 Å². The lowest BCUT2D eigenvalue weighted by atomic mass is 9.99. The maximum Gasteiger partial charge on any atom is 0.306 e. The third kappa shape index (κ3) is 51.5. The number of nitrogens with one attached hydrogen (secondary N) is 1. The molecule has 0 aromatic heterocycles. The van der Waals surface area contributed by atoms with Crippen LogP contribution in [0.15, 0.2) is 109 Å². The zero-order chi connectivity index (χ0) is 64.6. The molecule has 1 heterocycles. The fourth-order valence-electron chi connectivity index (χ4n) is 10.9. The van der Waals surface area contributed by atoms with E-state index in [4.69, 9.17) is 14.2 Å². The van der Waals surface area contributed by atoms with Gasteiger partial charge in [-0.25, -0.2) is 0 Å². The second kappa shape index (κ2) is 64.4. The van der Waals surface area contributed by atoms with Crippen LogP contribution in [-0.2, 0) is 23.8 Å². The molecule has 0 radical (unpaired) electrons. The molecule has 1 amide bonds. The van der Waals surface area contributed by atoms with E-state index in [1.807, 2.05) is 6.08 Å². The molecule has 11 heteroatoms. The third-order valence-electron chi connectivity index (χ3n) is 16.7. The Kier molecular flexibility index (Phi) is 60.3. The number of carbonyl (C=O) groups is 2. The first-order valence-corrected chi connectivity index (χ1v) is 36.7. The maximum absolute atomic E-state index is 13.5. The van der Waals surface area contributed by atoms with Crippen molar-refractivity contribution in [1.29, 1.82) is 0 Å². The van der Waals surface area contributed by atoms with Gasteiger partial charge in [0.25, 0.3) is 0 Å². The van der Waals surface area contributed by atoms with Gasteiger partial charge in [-0.2, -0.15) is 0 Å². The molecule has 0 spiro atoms. The van der Waals surface area contributed by atoms with Crippen LogP contribution in [0.4, 0.5) is 0 Å². The maximum atomic E-state index is 13.5. The summed E-state index contributed by atoms with van der Waals surface area (Å²) in [5.74, 6) is -1.20. The highest BCUT2D eigenvalue weighted by molar-refractivity contribution is 5.80. The van der Waals surface area contributed by atoms with E-state index >= 15 is 0 Å². The van der Waals surface area contributed by atoms with Gasteiger partial charge in [0.05, 0.1) is 25.4 Å². The van der Waals surface area contributed by atoms with Crippen molar-refractivity contribution in [1.82, 2.24) is 5.32 Å². The van der Waals surface area contributed by atoms with Gasteiger partial charge in [0, 0.05) is 6.42 Å². The minimum Gasteiger partial charge on any atom is -0.454 e. The van der Waals surface area contributed by atoms with E-state index in [0.717, 1.165) is 122 Å². The van der Waals surface area contributed by atoms with Crippen LogP contribution in [0.1, 0.15) is 310 Å². The molecule has 512 valence electrons. The first kappa shape index (κ1) is 83.3. The highest BCUT2D eigenvalue weighted by Gasteiger charge is 2.47. The Morgan fingerprint density at radius 3 is 1.24 bits per heavy atom. The molecule has 0 aromatic rings. The summed E-state index contributed by atoms with van der Waals surface area (Å²) in [5, 5.41) is 57.3. The monoisotopic (exact) mass is 1250 g/mol. The Labute approximate surface area is 545 Å². The summed E-state index contributed by atoms with van der Waals surface area (Å²) in [6, 6.07) is -1.04. The summed E-state index contributed by atoms with van der Waals surface area (Å²) < 4.78 is 17.7. The smallest absolute Gasteiger partial charge is 0.306 e. The van der Waals surface area contributed by atoms with Crippen LogP contribution in [0.5, 0.6) is 0 Å². The number of hydrogen-bond acceptors (Lipinski definition) is 10. The minimum atomic E-state index is -1.62. The van der Waals surface area contributed by atoms with Crippen LogP contribution in [0, 0.1) is 0 Å². The molecule has 1 saturated heterocycles. The van der Waals surface area contributed by atoms with Gasteiger partial charge in [0.15, 0.2) is 12.4 Å². The summed E-state index contributed by atoms with van der Waals surface area (Å²) in [5.41, 5.74) is 0. The lowest BCUT2D eigenvalue weighted by molar-refractivity contribution is -0.305. The second-order valence-electron chi connectivity index (χ2n) is 24.9. The quantitative estimate of drug-likeness (QED) is 0.0195. The number of hydrogen-bond donors (Lipinski definition) is 6. The number of amides is 1. The lowest BCUT2D eigenvalue weighted by Gasteiger charge is -2.41. The average Bonchev–Trinajstić information content (AvgIpc) is 2.45. The minimum absolute atomic E-state index is 0.118. The van der Waals surface area contributed by atoms with Crippen molar-refractivity contribution in [3.63, 3.8) is 0 Å². The van der Waals surface area contributed by atoms with Crippen LogP contribution in [0.25, 0.3) is 0 Å². The molecule has 0 bridgehead atoms. The van der Waals surface area contributed by atoms with Crippen molar-refractivity contribution in [2.24, 2.45) is 0 Å². The number of ether oxygens (including phenoxy) is 3. The molecule has 0 aliphatic carbocycles. The van der Waals surface area contributed by atoms with Gasteiger partial charge in [-0.1, -0.05) is 304 Å². The molecule has 1 rings (SSSR count). The molecular weight excluding hydrogens is 1110 g/mol. The van der Waals surface area contributed by atoms with Gasteiger partial charge in [-0.05, 0) is 109 Å². The normalized spacial score (nSPS) is 18.8. The number of allylic oxidation sites excluding steroid dienone is 17. The molecule has 6 N–H and O–H groups in total. The molecule has 89 heavy (non-hydrogen) atoms. The summed E-state index contributed by atoms with van der Waals surface area (Å²) in [6.07, 6.45) is 78.4. The van der Waals surface area contributed by atoms with Crippen LogP contribution < -0.4 is 5.32 Å². The Hall–Kier alpha value is -3.68. The van der Waals surface area contributed by atoms with E-state index < -0.39 is 67.4 Å². The van der Waals surface area contributed by atoms with E-state index in [1.165, 1.54) is 141 Å². The largest absolute Gasteiger partial charge is 0.454 e. The molecule has 8 unspecified atom stereocenters.